The van der Waals surface area contributed by atoms with Gasteiger partial charge in [-0.1, -0.05) is 28.9 Å². The fraction of sp³-hybridized carbons (Fsp3) is 0.208. The first-order valence-electron chi connectivity index (χ1n) is 11.0. The Morgan fingerprint density at radius 2 is 1.66 bits per heavy atom. The number of piperazine rings is 1. The van der Waals surface area contributed by atoms with Crippen molar-refractivity contribution in [3.05, 3.63) is 71.6 Å². The zero-order valence-corrected chi connectivity index (χ0v) is 20.4. The number of nitrogens with one attached hydrogen (secondary N) is 1. The number of aromatic nitrogens is 2. The average molecular weight is 512 g/mol. The van der Waals surface area contributed by atoms with Gasteiger partial charge in [0.2, 0.25) is 21.7 Å². The van der Waals surface area contributed by atoms with Gasteiger partial charge in [-0.15, -0.1) is 0 Å². The number of aryl methyl sites for hydroxylation is 1. The Labute approximate surface area is 207 Å². The standard InChI is InChI=1S/C24H22ClN5O4S/c1-16-26-23(28-34-16)17-3-7-21(8-4-17)27-24(31)29-10-12-30(13-11-29)35(32,33)22-9-5-18-14-20(25)6-2-19(18)15-22/h2-9,14-15H,10-13H2,1H3,(H,27,31). The highest BCUT2D eigenvalue weighted by Crippen LogP contribution is 2.25. The number of carbonyl (C=O) groups excluding carboxylic acids is 1. The minimum absolute atomic E-state index is 0.213. The summed E-state index contributed by atoms with van der Waals surface area (Å²) in [5.74, 6) is 0.956. The first-order valence-corrected chi connectivity index (χ1v) is 12.8. The summed E-state index contributed by atoms with van der Waals surface area (Å²) in [6.07, 6.45) is 0. The normalized spacial score (nSPS) is 14.9. The molecule has 0 aliphatic carbocycles. The van der Waals surface area contributed by atoms with Crippen molar-refractivity contribution in [2.45, 2.75) is 11.8 Å². The van der Waals surface area contributed by atoms with Crippen LogP contribution < -0.4 is 5.32 Å². The van der Waals surface area contributed by atoms with Crippen LogP contribution in [0.5, 0.6) is 0 Å². The molecule has 0 saturated carbocycles. The predicted molar refractivity (Wildman–Crippen MR) is 133 cm³/mol. The number of halogens is 1. The highest BCUT2D eigenvalue weighted by molar-refractivity contribution is 7.89. The molecule has 1 aliphatic rings. The molecule has 1 aliphatic heterocycles. The second kappa shape index (κ2) is 9.29. The van der Waals surface area contributed by atoms with E-state index in [0.717, 1.165) is 16.3 Å². The number of urea groups is 1. The van der Waals surface area contributed by atoms with E-state index in [0.29, 0.717) is 22.4 Å². The third-order valence-corrected chi connectivity index (χ3v) is 7.99. The van der Waals surface area contributed by atoms with Crippen LogP contribution in [0.1, 0.15) is 5.89 Å². The topological polar surface area (TPSA) is 109 Å². The van der Waals surface area contributed by atoms with Gasteiger partial charge in [0.1, 0.15) is 0 Å². The van der Waals surface area contributed by atoms with Crippen LogP contribution in [0, 0.1) is 6.92 Å². The Kier molecular flexibility index (Phi) is 6.18. The van der Waals surface area contributed by atoms with Gasteiger partial charge in [-0.25, -0.2) is 13.2 Å². The minimum atomic E-state index is -3.68. The number of rotatable bonds is 4. The maximum Gasteiger partial charge on any atom is 0.321 e. The van der Waals surface area contributed by atoms with Gasteiger partial charge >= 0.3 is 6.03 Å². The number of benzene rings is 3. The highest BCUT2D eigenvalue weighted by atomic mass is 35.5. The molecule has 0 bridgehead atoms. The first-order chi connectivity index (χ1) is 16.8. The lowest BCUT2D eigenvalue weighted by atomic mass is 10.1. The first kappa shape index (κ1) is 23.3. The second-order valence-corrected chi connectivity index (χ2v) is 10.6. The zero-order valence-electron chi connectivity index (χ0n) is 18.8. The molecule has 0 spiro atoms. The molecular weight excluding hydrogens is 490 g/mol. The van der Waals surface area contributed by atoms with Gasteiger partial charge < -0.3 is 14.7 Å². The largest absolute Gasteiger partial charge is 0.339 e. The second-order valence-electron chi connectivity index (χ2n) is 8.19. The third kappa shape index (κ3) is 4.86. The number of anilines is 1. The van der Waals surface area contributed by atoms with Crippen LogP contribution >= 0.6 is 11.6 Å². The summed E-state index contributed by atoms with van der Waals surface area (Å²) in [6.45, 7) is 2.71. The molecule has 0 atom stereocenters. The van der Waals surface area contributed by atoms with Gasteiger partial charge in [0.25, 0.3) is 0 Å². The van der Waals surface area contributed by atoms with Crippen molar-refractivity contribution in [2.75, 3.05) is 31.5 Å². The number of amides is 2. The number of fused-ring (bicyclic) bond motifs is 1. The van der Waals surface area contributed by atoms with Gasteiger partial charge in [-0.05, 0) is 59.3 Å². The Balaban J connectivity index is 1.21. The molecule has 1 N–H and O–H groups in total. The molecule has 0 radical (unpaired) electrons. The summed E-state index contributed by atoms with van der Waals surface area (Å²) in [5.41, 5.74) is 1.39. The molecule has 1 aromatic heterocycles. The molecule has 2 amide bonds. The van der Waals surface area contributed by atoms with Crippen LogP contribution in [0.2, 0.25) is 5.02 Å². The third-order valence-electron chi connectivity index (χ3n) is 5.86. The quantitative estimate of drug-likeness (QED) is 0.435. The Morgan fingerprint density at radius 3 is 2.34 bits per heavy atom. The fourth-order valence-corrected chi connectivity index (χ4v) is 5.60. The van der Waals surface area contributed by atoms with Crippen LogP contribution in [0.3, 0.4) is 0 Å². The van der Waals surface area contributed by atoms with Gasteiger partial charge in [-0.3, -0.25) is 0 Å². The summed E-state index contributed by atoms with van der Waals surface area (Å²) in [6, 6.07) is 17.1. The van der Waals surface area contributed by atoms with E-state index in [9.17, 15) is 13.2 Å². The van der Waals surface area contributed by atoms with Crippen molar-refractivity contribution in [2.24, 2.45) is 0 Å². The van der Waals surface area contributed by atoms with Gasteiger partial charge in [-0.2, -0.15) is 9.29 Å². The van der Waals surface area contributed by atoms with Crippen molar-refractivity contribution in [1.82, 2.24) is 19.3 Å². The molecule has 2 heterocycles. The molecule has 4 aromatic rings. The van der Waals surface area contributed by atoms with E-state index in [1.807, 2.05) is 0 Å². The van der Waals surface area contributed by atoms with Crippen LogP contribution in [0.25, 0.3) is 22.2 Å². The number of carbonyl (C=O) groups is 1. The van der Waals surface area contributed by atoms with Crippen molar-refractivity contribution in [1.29, 1.82) is 0 Å². The molecule has 11 heteroatoms. The van der Waals surface area contributed by atoms with E-state index in [1.54, 1.807) is 72.5 Å². The van der Waals surface area contributed by atoms with Gasteiger partial charge in [0, 0.05) is 49.4 Å². The van der Waals surface area contributed by atoms with Crippen molar-refractivity contribution >= 4 is 44.1 Å². The summed E-state index contributed by atoms with van der Waals surface area (Å²) >= 11 is 6.02. The van der Waals surface area contributed by atoms with E-state index in [2.05, 4.69) is 15.5 Å². The minimum Gasteiger partial charge on any atom is -0.339 e. The zero-order chi connectivity index (χ0) is 24.6. The maximum absolute atomic E-state index is 13.2. The molecule has 9 nitrogen and oxygen atoms in total. The lowest BCUT2D eigenvalue weighted by Gasteiger charge is -2.34. The molecule has 3 aromatic carbocycles. The lowest BCUT2D eigenvalue weighted by molar-refractivity contribution is 0.184. The van der Waals surface area contributed by atoms with Crippen LogP contribution in [-0.2, 0) is 10.0 Å². The number of sulfonamides is 1. The van der Waals surface area contributed by atoms with Gasteiger partial charge in [0.05, 0.1) is 4.90 Å². The average Bonchev–Trinajstić information content (AvgIpc) is 3.30. The SMILES string of the molecule is Cc1nc(-c2ccc(NC(=O)N3CCN(S(=O)(=O)c4ccc5cc(Cl)ccc5c4)CC3)cc2)no1. The Morgan fingerprint density at radius 1 is 0.971 bits per heavy atom. The molecule has 1 saturated heterocycles. The molecule has 35 heavy (non-hydrogen) atoms. The van der Waals surface area contributed by atoms with Crippen molar-refractivity contribution in [3.8, 4) is 11.4 Å². The van der Waals surface area contributed by atoms with Crippen LogP contribution in [0.15, 0.2) is 70.1 Å². The smallest absolute Gasteiger partial charge is 0.321 e. The Bertz CT molecular complexity index is 1500. The summed E-state index contributed by atoms with van der Waals surface area (Å²) < 4.78 is 32.8. The molecule has 0 unspecified atom stereocenters. The van der Waals surface area contributed by atoms with Crippen LogP contribution in [-0.4, -0.2) is 60.0 Å². The Hall–Kier alpha value is -3.47. The van der Waals surface area contributed by atoms with Gasteiger partial charge in [0.15, 0.2) is 0 Å². The highest BCUT2D eigenvalue weighted by Gasteiger charge is 2.30. The van der Waals surface area contributed by atoms with Crippen LogP contribution in [0.4, 0.5) is 10.5 Å². The van der Waals surface area contributed by atoms with E-state index in [1.165, 1.54) is 4.31 Å². The summed E-state index contributed by atoms with van der Waals surface area (Å²) in [5, 5.41) is 9.00. The van der Waals surface area contributed by atoms with Crippen molar-refractivity contribution < 1.29 is 17.7 Å². The van der Waals surface area contributed by atoms with E-state index >= 15 is 0 Å². The van der Waals surface area contributed by atoms with Crippen molar-refractivity contribution in [3.63, 3.8) is 0 Å². The lowest BCUT2D eigenvalue weighted by Crippen LogP contribution is -2.51. The van der Waals surface area contributed by atoms with E-state index < -0.39 is 10.0 Å². The molecular formula is C24H22ClN5O4S. The summed E-state index contributed by atoms with van der Waals surface area (Å²) in [7, 11) is -3.68. The molecule has 5 rings (SSSR count). The number of hydrogen-bond acceptors (Lipinski definition) is 6. The fourth-order valence-electron chi connectivity index (χ4n) is 3.96. The van der Waals surface area contributed by atoms with E-state index in [-0.39, 0.29) is 37.1 Å². The predicted octanol–water partition coefficient (Wildman–Crippen LogP) is 4.39. The molecule has 180 valence electrons. The summed E-state index contributed by atoms with van der Waals surface area (Å²) in [4.78, 5) is 18.7. The number of hydrogen-bond donors (Lipinski definition) is 1. The van der Waals surface area contributed by atoms with E-state index in [4.69, 9.17) is 16.1 Å². The maximum atomic E-state index is 13.2. The monoisotopic (exact) mass is 511 g/mol. The number of nitrogens with zero attached hydrogens (tertiary/aromatic N) is 4. The molecule has 1 fully saturated rings.